The molecule has 31 heavy (non-hydrogen) atoms. The van der Waals surface area contributed by atoms with E-state index in [1.165, 1.54) is 0 Å². The van der Waals surface area contributed by atoms with E-state index in [4.69, 9.17) is 5.73 Å². The van der Waals surface area contributed by atoms with Gasteiger partial charge in [0.25, 0.3) is 11.8 Å². The van der Waals surface area contributed by atoms with Crippen LogP contribution in [0.4, 0.5) is 5.69 Å². The van der Waals surface area contributed by atoms with Gasteiger partial charge in [-0.1, -0.05) is 12.1 Å². The van der Waals surface area contributed by atoms with Crippen molar-refractivity contribution in [2.75, 3.05) is 31.5 Å². The molecule has 0 spiro atoms. The number of hydrogen-bond acceptors (Lipinski definition) is 5. The van der Waals surface area contributed by atoms with E-state index in [1.54, 1.807) is 53.7 Å². The summed E-state index contributed by atoms with van der Waals surface area (Å²) < 4.78 is 0. The summed E-state index contributed by atoms with van der Waals surface area (Å²) in [5.41, 5.74) is 6.82. The Kier molecular flexibility index (Phi) is 11.0. The lowest BCUT2D eigenvalue weighted by molar-refractivity contribution is -0.121. The highest BCUT2D eigenvalue weighted by Crippen LogP contribution is 2.22. The van der Waals surface area contributed by atoms with E-state index in [2.05, 4.69) is 15.6 Å². The van der Waals surface area contributed by atoms with Crippen LogP contribution in [-0.4, -0.2) is 53.8 Å². The highest BCUT2D eigenvalue weighted by atomic mass is 35.5. The van der Waals surface area contributed by atoms with Crippen LogP contribution in [0.25, 0.3) is 0 Å². The number of carbonyl (C=O) groups is 3. The molecule has 1 fully saturated rings. The van der Waals surface area contributed by atoms with Crippen molar-refractivity contribution in [1.29, 1.82) is 0 Å². The zero-order valence-corrected chi connectivity index (χ0v) is 18.6. The SMILES string of the molecule is Cl.Cl.NCCNC(=O)c1ccccc1NC(=O)C1CCCN(C(=O)c2ccncc2)C1. The van der Waals surface area contributed by atoms with Crippen molar-refractivity contribution in [3.63, 3.8) is 0 Å². The zero-order chi connectivity index (χ0) is 20.6. The molecule has 2 aromatic rings. The number of rotatable bonds is 6. The normalized spacial score (nSPS) is 15.1. The minimum absolute atomic E-state index is 0. The van der Waals surface area contributed by atoms with Crippen LogP contribution in [0.5, 0.6) is 0 Å². The van der Waals surface area contributed by atoms with Crippen molar-refractivity contribution < 1.29 is 14.4 Å². The van der Waals surface area contributed by atoms with Gasteiger partial charge in [-0.25, -0.2) is 0 Å². The predicted molar refractivity (Wildman–Crippen MR) is 124 cm³/mol. The average Bonchev–Trinajstić information content (AvgIpc) is 2.78. The Bertz CT molecular complexity index is 882. The number of halogens is 2. The number of nitrogens with two attached hydrogens (primary N) is 1. The number of likely N-dealkylation sites (tertiary alicyclic amines) is 1. The number of aromatic nitrogens is 1. The van der Waals surface area contributed by atoms with Crippen LogP contribution in [0.3, 0.4) is 0 Å². The molecule has 1 aliphatic heterocycles. The molecule has 1 aromatic heterocycles. The number of hydrogen-bond donors (Lipinski definition) is 3. The first-order valence-electron chi connectivity index (χ1n) is 9.67. The van der Waals surface area contributed by atoms with Gasteiger partial charge < -0.3 is 21.3 Å². The fourth-order valence-electron chi connectivity index (χ4n) is 3.36. The molecule has 1 atom stereocenters. The summed E-state index contributed by atoms with van der Waals surface area (Å²) in [6, 6.07) is 10.2. The van der Waals surface area contributed by atoms with Gasteiger partial charge in [-0.3, -0.25) is 19.4 Å². The summed E-state index contributed by atoms with van der Waals surface area (Å²) in [6.07, 6.45) is 4.59. The summed E-state index contributed by atoms with van der Waals surface area (Å²) in [4.78, 5) is 43.5. The van der Waals surface area contributed by atoms with E-state index in [-0.39, 0.29) is 48.5 Å². The van der Waals surface area contributed by atoms with E-state index in [1.807, 2.05) is 0 Å². The lowest BCUT2D eigenvalue weighted by Crippen LogP contribution is -2.44. The molecule has 1 aliphatic rings. The Morgan fingerprint density at radius 1 is 1.10 bits per heavy atom. The minimum atomic E-state index is -0.338. The molecule has 1 unspecified atom stereocenters. The van der Waals surface area contributed by atoms with E-state index in [0.717, 1.165) is 6.42 Å². The van der Waals surface area contributed by atoms with Crippen molar-refractivity contribution in [3.05, 3.63) is 59.9 Å². The largest absolute Gasteiger partial charge is 0.351 e. The van der Waals surface area contributed by atoms with Gasteiger partial charge in [0.2, 0.25) is 5.91 Å². The van der Waals surface area contributed by atoms with Gasteiger partial charge in [-0.15, -0.1) is 24.8 Å². The Labute approximate surface area is 193 Å². The van der Waals surface area contributed by atoms with Crippen LogP contribution >= 0.6 is 24.8 Å². The number of pyridine rings is 1. The van der Waals surface area contributed by atoms with E-state index >= 15 is 0 Å². The smallest absolute Gasteiger partial charge is 0.253 e. The monoisotopic (exact) mass is 467 g/mol. The minimum Gasteiger partial charge on any atom is -0.351 e. The first-order chi connectivity index (χ1) is 14.1. The number of benzene rings is 1. The standard InChI is InChI=1S/C21H25N5O3.2ClH/c22-9-12-24-20(28)17-5-1-2-6-18(17)25-19(27)16-4-3-13-26(14-16)21(29)15-7-10-23-11-8-15;;/h1-2,5-8,10-11,16H,3-4,9,12-14,22H2,(H,24,28)(H,25,27);2*1H. The lowest BCUT2D eigenvalue weighted by atomic mass is 9.96. The van der Waals surface area contributed by atoms with Gasteiger partial charge >= 0.3 is 0 Å². The Balaban J connectivity index is 0.00000240. The molecule has 4 N–H and O–H groups in total. The van der Waals surface area contributed by atoms with Gasteiger partial charge in [0.1, 0.15) is 0 Å². The quantitative estimate of drug-likeness (QED) is 0.601. The van der Waals surface area contributed by atoms with Crippen LogP contribution in [0, 0.1) is 5.92 Å². The number of nitrogens with zero attached hydrogens (tertiary/aromatic N) is 2. The van der Waals surface area contributed by atoms with E-state index in [0.29, 0.717) is 49.4 Å². The lowest BCUT2D eigenvalue weighted by Gasteiger charge is -2.32. The van der Waals surface area contributed by atoms with Crippen LogP contribution in [-0.2, 0) is 4.79 Å². The van der Waals surface area contributed by atoms with E-state index in [9.17, 15) is 14.4 Å². The molecule has 8 nitrogen and oxygen atoms in total. The van der Waals surface area contributed by atoms with Gasteiger partial charge in [0.05, 0.1) is 17.2 Å². The summed E-state index contributed by atoms with van der Waals surface area (Å²) in [5, 5.41) is 5.57. The maximum absolute atomic E-state index is 12.9. The maximum Gasteiger partial charge on any atom is 0.253 e. The highest BCUT2D eigenvalue weighted by molar-refractivity contribution is 6.04. The molecule has 0 radical (unpaired) electrons. The molecule has 0 aliphatic carbocycles. The average molecular weight is 468 g/mol. The summed E-state index contributed by atoms with van der Waals surface area (Å²) in [6.45, 7) is 1.65. The molecule has 168 valence electrons. The van der Waals surface area contributed by atoms with Gasteiger partial charge in [-0.2, -0.15) is 0 Å². The zero-order valence-electron chi connectivity index (χ0n) is 17.0. The van der Waals surface area contributed by atoms with Crippen molar-refractivity contribution in [3.8, 4) is 0 Å². The summed E-state index contributed by atoms with van der Waals surface area (Å²) in [5.74, 6) is -0.929. The molecular weight excluding hydrogens is 441 g/mol. The maximum atomic E-state index is 12.9. The highest BCUT2D eigenvalue weighted by Gasteiger charge is 2.29. The molecule has 3 rings (SSSR count). The summed E-state index contributed by atoms with van der Waals surface area (Å²) in [7, 11) is 0. The number of amides is 3. The Hall–Kier alpha value is -2.68. The first-order valence-corrected chi connectivity index (χ1v) is 9.67. The van der Waals surface area contributed by atoms with Crippen molar-refractivity contribution in [1.82, 2.24) is 15.2 Å². The number of anilines is 1. The first kappa shape index (κ1) is 26.4. The fraction of sp³-hybridized carbons (Fsp3) is 0.333. The van der Waals surface area contributed by atoms with Crippen LogP contribution in [0.2, 0.25) is 0 Å². The molecule has 1 saturated heterocycles. The third-order valence-electron chi connectivity index (χ3n) is 4.87. The molecule has 2 heterocycles. The Morgan fingerprint density at radius 3 is 2.52 bits per heavy atom. The second-order valence-corrected chi connectivity index (χ2v) is 6.91. The topological polar surface area (TPSA) is 117 Å². The number of piperidine rings is 1. The number of para-hydroxylation sites is 1. The van der Waals surface area contributed by atoms with Gasteiger partial charge in [-0.05, 0) is 37.1 Å². The Morgan fingerprint density at radius 2 is 1.81 bits per heavy atom. The predicted octanol–water partition coefficient (Wildman–Crippen LogP) is 2.10. The third-order valence-corrected chi connectivity index (χ3v) is 4.87. The fourth-order valence-corrected chi connectivity index (χ4v) is 3.36. The molecular formula is C21H27Cl2N5O3. The van der Waals surface area contributed by atoms with Crippen molar-refractivity contribution in [2.24, 2.45) is 11.7 Å². The summed E-state index contributed by atoms with van der Waals surface area (Å²) >= 11 is 0. The van der Waals surface area contributed by atoms with E-state index < -0.39 is 0 Å². The van der Waals surface area contributed by atoms with Crippen LogP contribution in [0.1, 0.15) is 33.6 Å². The van der Waals surface area contributed by atoms with Crippen molar-refractivity contribution in [2.45, 2.75) is 12.8 Å². The number of carbonyl (C=O) groups excluding carboxylic acids is 3. The number of nitrogens with one attached hydrogen (secondary N) is 2. The molecule has 10 heteroatoms. The van der Waals surface area contributed by atoms with Crippen LogP contribution in [0.15, 0.2) is 48.8 Å². The molecule has 0 bridgehead atoms. The van der Waals surface area contributed by atoms with Crippen LogP contribution < -0.4 is 16.4 Å². The second-order valence-electron chi connectivity index (χ2n) is 6.91. The molecule has 3 amide bonds. The van der Waals surface area contributed by atoms with Gasteiger partial charge in [0, 0.05) is 44.1 Å². The molecule has 1 aromatic carbocycles. The third kappa shape index (κ3) is 6.92. The van der Waals surface area contributed by atoms with Crippen molar-refractivity contribution >= 4 is 48.2 Å². The molecule has 0 saturated carbocycles. The second kappa shape index (κ2) is 12.9. The van der Waals surface area contributed by atoms with Gasteiger partial charge in [0.15, 0.2) is 0 Å².